The van der Waals surface area contributed by atoms with Gasteiger partial charge in [0, 0.05) is 13.7 Å². The fourth-order valence-corrected chi connectivity index (χ4v) is 3.20. The lowest BCUT2D eigenvalue weighted by Crippen LogP contribution is -2.41. The molecule has 0 radical (unpaired) electrons. The third-order valence-corrected chi connectivity index (χ3v) is 5.84. The number of methoxy groups -OCH3 is 1. The van der Waals surface area contributed by atoms with E-state index in [2.05, 4.69) is 0 Å². The average Bonchev–Trinajstić information content (AvgIpc) is 3.31. The molecule has 178 valence electrons. The summed E-state index contributed by atoms with van der Waals surface area (Å²) < 4.78 is 28.4. The Bertz CT molecular complexity index is 953. The van der Waals surface area contributed by atoms with E-state index in [4.69, 9.17) is 28.3 Å². The molecule has 10 heteroatoms. The minimum atomic E-state index is -1.11. The van der Waals surface area contributed by atoms with E-state index in [0.29, 0.717) is 11.5 Å². The van der Waals surface area contributed by atoms with E-state index in [1.165, 1.54) is 13.2 Å². The smallest absolute Gasteiger partial charge is 0.486 e. The van der Waals surface area contributed by atoms with Crippen molar-refractivity contribution in [2.45, 2.75) is 45.5 Å². The first-order valence-electron chi connectivity index (χ1n) is 10.7. The van der Waals surface area contributed by atoms with Crippen molar-refractivity contribution in [3.8, 4) is 5.75 Å². The molecule has 0 atom stereocenters. The molecule has 2 heterocycles. The summed E-state index contributed by atoms with van der Waals surface area (Å²) in [5.74, 6) is -0.532. The zero-order valence-electron chi connectivity index (χ0n) is 19.6. The molecule has 0 unspecified atom stereocenters. The van der Waals surface area contributed by atoms with Crippen LogP contribution in [0.5, 0.6) is 5.75 Å². The molecule has 0 bridgehead atoms. The lowest BCUT2D eigenvalue weighted by atomic mass is 9.79. The topological polar surface area (TPSA) is 108 Å². The summed E-state index contributed by atoms with van der Waals surface area (Å²) in [4.78, 5) is 24.8. The largest absolute Gasteiger partial charge is 0.494 e. The Hall–Kier alpha value is -2.82. The number of carboxylic acids is 1. The summed E-state index contributed by atoms with van der Waals surface area (Å²) in [6, 6.07) is 10.5. The Kier molecular flexibility index (Phi) is 7.51. The summed E-state index contributed by atoms with van der Waals surface area (Å²) in [5.41, 5.74) is 0.0666. The van der Waals surface area contributed by atoms with Crippen LogP contribution in [0.3, 0.4) is 0 Å². The number of carbonyl (C=O) groups is 2. The number of hydrogen-bond acceptors (Lipinski definition) is 7. The van der Waals surface area contributed by atoms with Crippen molar-refractivity contribution >= 4 is 24.5 Å². The lowest BCUT2D eigenvalue weighted by Gasteiger charge is -2.32. The van der Waals surface area contributed by atoms with Gasteiger partial charge in [0.1, 0.15) is 24.7 Å². The number of benzene rings is 1. The fraction of sp³-hybridized carbons (Fsp3) is 0.478. The fourth-order valence-electron chi connectivity index (χ4n) is 3.20. The quantitative estimate of drug-likeness (QED) is 0.540. The van der Waals surface area contributed by atoms with Gasteiger partial charge in [-0.05, 0) is 57.4 Å². The van der Waals surface area contributed by atoms with Crippen LogP contribution in [0.4, 0.5) is 0 Å². The first kappa shape index (κ1) is 24.8. The van der Waals surface area contributed by atoms with Crippen LogP contribution in [0.25, 0.3) is 0 Å². The number of ether oxygens (including phenoxy) is 2. The molecule has 3 rings (SSSR count). The van der Waals surface area contributed by atoms with Gasteiger partial charge in [-0.15, -0.1) is 0 Å². The average molecular weight is 459 g/mol. The Balaban J connectivity index is 1.58. The summed E-state index contributed by atoms with van der Waals surface area (Å²) in [6.45, 7) is 8.05. The molecule has 1 aromatic heterocycles. The SMILES string of the molecule is COCCN(CC(=O)O)C(=O)c1ccc(COc2ccc(B3OC(C)(C)C(C)(C)O3)cc2)o1. The highest BCUT2D eigenvalue weighted by atomic mass is 16.7. The van der Waals surface area contributed by atoms with Crippen molar-refractivity contribution in [2.24, 2.45) is 0 Å². The Labute approximate surface area is 193 Å². The number of carboxylic acid groups (broad SMARTS) is 1. The number of furan rings is 1. The van der Waals surface area contributed by atoms with Crippen molar-refractivity contribution in [1.82, 2.24) is 4.90 Å². The zero-order valence-corrected chi connectivity index (χ0v) is 19.6. The molecule has 1 aliphatic heterocycles. The van der Waals surface area contributed by atoms with Crippen molar-refractivity contribution in [3.05, 3.63) is 47.9 Å². The maximum atomic E-state index is 12.6. The van der Waals surface area contributed by atoms with Crippen LogP contribution < -0.4 is 10.2 Å². The third-order valence-electron chi connectivity index (χ3n) is 5.84. The summed E-state index contributed by atoms with van der Waals surface area (Å²) in [7, 11) is 1.03. The second kappa shape index (κ2) is 9.99. The van der Waals surface area contributed by atoms with Gasteiger partial charge in [-0.1, -0.05) is 12.1 Å². The number of hydrogen-bond donors (Lipinski definition) is 1. The third kappa shape index (κ3) is 5.95. The predicted octanol–water partition coefficient (Wildman–Crippen LogP) is 2.33. The zero-order chi connectivity index (χ0) is 24.2. The van der Waals surface area contributed by atoms with Gasteiger partial charge in [0.25, 0.3) is 5.91 Å². The molecule has 1 aromatic carbocycles. The van der Waals surface area contributed by atoms with Crippen molar-refractivity contribution in [2.75, 3.05) is 26.8 Å². The van der Waals surface area contributed by atoms with E-state index in [1.807, 2.05) is 52.0 Å². The van der Waals surface area contributed by atoms with Crippen LogP contribution in [0.15, 0.2) is 40.8 Å². The van der Waals surface area contributed by atoms with Gasteiger partial charge in [-0.2, -0.15) is 0 Å². The number of amides is 1. The normalized spacial score (nSPS) is 16.6. The minimum absolute atomic E-state index is 0.0436. The molecule has 9 nitrogen and oxygen atoms in total. The maximum absolute atomic E-state index is 12.6. The van der Waals surface area contributed by atoms with Crippen molar-refractivity contribution < 1.29 is 37.9 Å². The molecule has 1 aliphatic rings. The molecule has 1 saturated heterocycles. The summed E-state index contributed by atoms with van der Waals surface area (Å²) in [5, 5.41) is 9.03. The van der Waals surface area contributed by atoms with E-state index in [-0.39, 0.29) is 25.5 Å². The molecule has 0 saturated carbocycles. The second-order valence-corrected chi connectivity index (χ2v) is 8.83. The number of carbonyl (C=O) groups excluding carboxylic acids is 1. The number of rotatable bonds is 10. The maximum Gasteiger partial charge on any atom is 0.494 e. The van der Waals surface area contributed by atoms with E-state index < -0.39 is 36.7 Å². The van der Waals surface area contributed by atoms with Gasteiger partial charge in [0.05, 0.1) is 17.8 Å². The summed E-state index contributed by atoms with van der Waals surface area (Å²) in [6.07, 6.45) is 0. The molecule has 0 spiro atoms. The first-order valence-corrected chi connectivity index (χ1v) is 10.7. The monoisotopic (exact) mass is 459 g/mol. The molecule has 1 amide bonds. The molecule has 1 fully saturated rings. The molecule has 1 N–H and O–H groups in total. The van der Waals surface area contributed by atoms with E-state index in [9.17, 15) is 9.59 Å². The highest BCUT2D eigenvalue weighted by Crippen LogP contribution is 2.36. The van der Waals surface area contributed by atoms with Gasteiger partial charge < -0.3 is 33.2 Å². The van der Waals surface area contributed by atoms with Gasteiger partial charge >= 0.3 is 13.1 Å². The molecule has 0 aliphatic carbocycles. The van der Waals surface area contributed by atoms with Crippen LogP contribution in [-0.4, -0.2) is 67.0 Å². The molecule has 2 aromatic rings. The second-order valence-electron chi connectivity index (χ2n) is 8.83. The number of aliphatic carboxylic acids is 1. The van der Waals surface area contributed by atoms with Crippen LogP contribution in [-0.2, 0) is 25.4 Å². The van der Waals surface area contributed by atoms with E-state index >= 15 is 0 Å². The van der Waals surface area contributed by atoms with Gasteiger partial charge in [-0.25, -0.2) is 0 Å². The Morgan fingerprint density at radius 1 is 1.03 bits per heavy atom. The van der Waals surface area contributed by atoms with Crippen molar-refractivity contribution in [3.63, 3.8) is 0 Å². The van der Waals surface area contributed by atoms with Crippen LogP contribution in [0, 0.1) is 0 Å². The molecular weight excluding hydrogens is 429 g/mol. The van der Waals surface area contributed by atoms with E-state index in [0.717, 1.165) is 10.4 Å². The summed E-state index contributed by atoms with van der Waals surface area (Å²) >= 11 is 0. The van der Waals surface area contributed by atoms with Crippen LogP contribution >= 0.6 is 0 Å². The minimum Gasteiger partial charge on any atom is -0.486 e. The van der Waals surface area contributed by atoms with Gasteiger partial charge in [0.15, 0.2) is 5.76 Å². The highest BCUT2D eigenvalue weighted by molar-refractivity contribution is 6.62. The standard InChI is InChI=1S/C23H30BNO8/c1-22(2)23(3,4)33-24(32-22)16-6-8-17(9-7-16)30-15-18-10-11-19(31-18)21(28)25(12-13-29-5)14-20(26)27/h6-11H,12-15H2,1-5H3,(H,26,27). The Morgan fingerprint density at radius 2 is 1.67 bits per heavy atom. The van der Waals surface area contributed by atoms with E-state index in [1.54, 1.807) is 6.07 Å². The predicted molar refractivity (Wildman–Crippen MR) is 121 cm³/mol. The van der Waals surface area contributed by atoms with Gasteiger partial charge in [0.2, 0.25) is 0 Å². The van der Waals surface area contributed by atoms with Crippen molar-refractivity contribution in [1.29, 1.82) is 0 Å². The molecular formula is C23H30BNO8. The molecule has 33 heavy (non-hydrogen) atoms. The van der Waals surface area contributed by atoms with Gasteiger partial charge in [-0.3, -0.25) is 9.59 Å². The lowest BCUT2D eigenvalue weighted by molar-refractivity contribution is -0.137. The first-order chi connectivity index (χ1) is 15.5. The highest BCUT2D eigenvalue weighted by Gasteiger charge is 2.51. The van der Waals surface area contributed by atoms with Crippen LogP contribution in [0.1, 0.15) is 44.0 Å². The Morgan fingerprint density at radius 3 is 2.24 bits per heavy atom. The number of nitrogens with zero attached hydrogens (tertiary/aromatic N) is 1. The van der Waals surface area contributed by atoms with Crippen LogP contribution in [0.2, 0.25) is 0 Å².